The summed E-state index contributed by atoms with van der Waals surface area (Å²) in [5, 5.41) is 3.08. The van der Waals surface area contributed by atoms with Crippen molar-refractivity contribution in [3.8, 4) is 5.75 Å². The fourth-order valence-electron chi connectivity index (χ4n) is 2.89. The van der Waals surface area contributed by atoms with Crippen molar-refractivity contribution >= 4 is 11.8 Å². The van der Waals surface area contributed by atoms with Crippen LogP contribution in [0.5, 0.6) is 5.75 Å². The Hall–Kier alpha value is -2.04. The fraction of sp³-hybridized carbons (Fsp3) is 0.556. The van der Waals surface area contributed by atoms with E-state index in [1.54, 1.807) is 6.92 Å². The van der Waals surface area contributed by atoms with Crippen molar-refractivity contribution in [3.63, 3.8) is 0 Å². The molecule has 1 heterocycles. The van der Waals surface area contributed by atoms with Gasteiger partial charge in [0.05, 0.1) is 6.61 Å². The second-order valence-electron chi connectivity index (χ2n) is 5.89. The van der Waals surface area contributed by atoms with Gasteiger partial charge in [0.1, 0.15) is 5.75 Å². The molecule has 0 radical (unpaired) electrons. The molecule has 1 aliphatic rings. The van der Waals surface area contributed by atoms with E-state index in [0.717, 1.165) is 37.2 Å². The molecule has 1 aliphatic heterocycles. The summed E-state index contributed by atoms with van der Waals surface area (Å²) in [7, 11) is 0. The summed E-state index contributed by atoms with van der Waals surface area (Å²) in [4.78, 5) is 25.3. The summed E-state index contributed by atoms with van der Waals surface area (Å²) in [6.07, 6.45) is 2.80. The number of amides is 2. The lowest BCUT2D eigenvalue weighted by Gasteiger charge is -2.31. The molecule has 2 amide bonds. The molecule has 0 aromatic heterocycles. The maximum absolute atomic E-state index is 12.1. The number of benzene rings is 1. The first kappa shape index (κ1) is 17.3. The van der Waals surface area contributed by atoms with Crippen molar-refractivity contribution in [1.82, 2.24) is 10.2 Å². The highest BCUT2D eigenvalue weighted by Gasteiger charge is 2.21. The zero-order chi connectivity index (χ0) is 16.7. The number of likely N-dealkylation sites (tertiary alicyclic amines) is 1. The highest BCUT2D eigenvalue weighted by Crippen LogP contribution is 2.19. The molecule has 2 rings (SSSR count). The van der Waals surface area contributed by atoms with Crippen LogP contribution in [-0.2, 0) is 16.0 Å². The Balaban J connectivity index is 1.77. The van der Waals surface area contributed by atoms with Crippen LogP contribution >= 0.6 is 0 Å². The molecule has 1 aromatic carbocycles. The summed E-state index contributed by atoms with van der Waals surface area (Å²) in [6.45, 7) is 5.63. The molecular formula is C18H26N2O3. The maximum Gasteiger partial charge on any atom is 0.220 e. The van der Waals surface area contributed by atoms with E-state index in [9.17, 15) is 9.59 Å². The van der Waals surface area contributed by atoms with Crippen LogP contribution in [0.15, 0.2) is 24.3 Å². The van der Waals surface area contributed by atoms with Gasteiger partial charge >= 0.3 is 0 Å². The third-order valence-corrected chi connectivity index (χ3v) is 4.20. The number of hydrogen-bond acceptors (Lipinski definition) is 3. The Bertz CT molecular complexity index is 537. The van der Waals surface area contributed by atoms with Crippen molar-refractivity contribution in [1.29, 1.82) is 0 Å². The Labute approximate surface area is 138 Å². The molecule has 0 saturated carbocycles. The summed E-state index contributed by atoms with van der Waals surface area (Å²) >= 11 is 0. The van der Waals surface area contributed by atoms with Crippen LogP contribution in [0.4, 0.5) is 0 Å². The second-order valence-corrected chi connectivity index (χ2v) is 5.89. The number of rotatable bonds is 6. The minimum Gasteiger partial charge on any atom is -0.494 e. The molecule has 0 unspecified atom stereocenters. The molecule has 23 heavy (non-hydrogen) atoms. The first-order chi connectivity index (χ1) is 11.1. The standard InChI is InChI=1S/C18H26N2O3/c1-3-23-17-7-5-4-6-15(17)8-9-18(22)19-16-10-12-20(13-11-16)14(2)21/h4-7,16H,3,8-13H2,1-2H3,(H,19,22). The van der Waals surface area contributed by atoms with E-state index in [2.05, 4.69) is 5.32 Å². The molecule has 5 nitrogen and oxygen atoms in total. The average molecular weight is 318 g/mol. The molecule has 0 bridgehead atoms. The van der Waals surface area contributed by atoms with Gasteiger partial charge in [-0.05, 0) is 37.8 Å². The van der Waals surface area contributed by atoms with Gasteiger partial charge in [0.15, 0.2) is 0 Å². The van der Waals surface area contributed by atoms with Crippen LogP contribution in [-0.4, -0.2) is 42.5 Å². The molecular weight excluding hydrogens is 292 g/mol. The van der Waals surface area contributed by atoms with Gasteiger partial charge in [0.2, 0.25) is 11.8 Å². The average Bonchev–Trinajstić information content (AvgIpc) is 2.55. The first-order valence-electron chi connectivity index (χ1n) is 8.35. The van der Waals surface area contributed by atoms with Gasteiger partial charge < -0.3 is 15.0 Å². The first-order valence-corrected chi connectivity index (χ1v) is 8.35. The monoisotopic (exact) mass is 318 g/mol. The van der Waals surface area contributed by atoms with Gasteiger partial charge in [-0.3, -0.25) is 9.59 Å². The van der Waals surface area contributed by atoms with Crippen molar-refractivity contribution in [3.05, 3.63) is 29.8 Å². The Morgan fingerprint density at radius 1 is 1.26 bits per heavy atom. The summed E-state index contributed by atoms with van der Waals surface area (Å²) in [5.74, 6) is 1.04. The normalized spacial score (nSPS) is 15.3. The number of ether oxygens (including phenoxy) is 1. The third kappa shape index (κ3) is 5.27. The lowest BCUT2D eigenvalue weighted by molar-refractivity contribution is -0.130. The zero-order valence-electron chi connectivity index (χ0n) is 14.0. The van der Waals surface area contributed by atoms with Crippen molar-refractivity contribution in [2.45, 2.75) is 45.6 Å². The van der Waals surface area contributed by atoms with E-state index in [0.29, 0.717) is 19.4 Å². The number of para-hydroxylation sites is 1. The van der Waals surface area contributed by atoms with Crippen LogP contribution in [0.2, 0.25) is 0 Å². The summed E-state index contributed by atoms with van der Waals surface area (Å²) < 4.78 is 5.58. The van der Waals surface area contributed by atoms with Gasteiger partial charge in [-0.2, -0.15) is 0 Å². The van der Waals surface area contributed by atoms with Crippen LogP contribution in [0.1, 0.15) is 38.7 Å². The highest BCUT2D eigenvalue weighted by molar-refractivity contribution is 5.77. The van der Waals surface area contributed by atoms with Crippen molar-refractivity contribution in [2.75, 3.05) is 19.7 Å². The minimum absolute atomic E-state index is 0.0672. The molecule has 1 fully saturated rings. The van der Waals surface area contributed by atoms with Crippen molar-refractivity contribution in [2.24, 2.45) is 0 Å². The Morgan fingerprint density at radius 2 is 1.96 bits per heavy atom. The van der Waals surface area contributed by atoms with Crippen LogP contribution in [0, 0.1) is 0 Å². The SMILES string of the molecule is CCOc1ccccc1CCC(=O)NC1CCN(C(C)=O)CC1. The van der Waals surface area contributed by atoms with E-state index in [4.69, 9.17) is 4.74 Å². The second kappa shape index (κ2) is 8.56. The Kier molecular flexibility index (Phi) is 6.44. The molecule has 126 valence electrons. The molecule has 1 aromatic rings. The number of hydrogen-bond donors (Lipinski definition) is 1. The quantitative estimate of drug-likeness (QED) is 0.874. The van der Waals surface area contributed by atoms with Crippen LogP contribution in [0.25, 0.3) is 0 Å². The van der Waals surface area contributed by atoms with E-state index in [1.165, 1.54) is 0 Å². The van der Waals surface area contributed by atoms with E-state index in [1.807, 2.05) is 36.1 Å². The number of aryl methyl sites for hydroxylation is 1. The predicted octanol–water partition coefficient (Wildman–Crippen LogP) is 2.14. The lowest BCUT2D eigenvalue weighted by atomic mass is 10.0. The molecule has 0 atom stereocenters. The van der Waals surface area contributed by atoms with Gasteiger partial charge in [-0.25, -0.2) is 0 Å². The number of carbonyl (C=O) groups excluding carboxylic acids is 2. The topological polar surface area (TPSA) is 58.6 Å². The number of piperidine rings is 1. The van der Waals surface area contributed by atoms with E-state index >= 15 is 0 Å². The fourth-order valence-corrected chi connectivity index (χ4v) is 2.89. The minimum atomic E-state index is 0.0672. The number of nitrogens with zero attached hydrogens (tertiary/aromatic N) is 1. The molecule has 0 spiro atoms. The largest absolute Gasteiger partial charge is 0.494 e. The lowest BCUT2D eigenvalue weighted by Crippen LogP contribution is -2.46. The molecule has 0 aliphatic carbocycles. The summed E-state index contributed by atoms with van der Waals surface area (Å²) in [5.41, 5.74) is 1.07. The predicted molar refractivity (Wildman–Crippen MR) is 89.4 cm³/mol. The highest BCUT2D eigenvalue weighted by atomic mass is 16.5. The zero-order valence-corrected chi connectivity index (χ0v) is 14.0. The molecule has 5 heteroatoms. The van der Waals surface area contributed by atoms with Gasteiger partial charge in [-0.15, -0.1) is 0 Å². The van der Waals surface area contributed by atoms with E-state index in [-0.39, 0.29) is 17.9 Å². The smallest absolute Gasteiger partial charge is 0.220 e. The van der Waals surface area contributed by atoms with Gasteiger partial charge in [-0.1, -0.05) is 18.2 Å². The summed E-state index contributed by atoms with van der Waals surface area (Å²) in [6, 6.07) is 8.03. The third-order valence-electron chi connectivity index (χ3n) is 4.20. The maximum atomic E-state index is 12.1. The molecule has 1 N–H and O–H groups in total. The van der Waals surface area contributed by atoms with Gasteiger partial charge in [0.25, 0.3) is 0 Å². The molecule has 1 saturated heterocycles. The van der Waals surface area contributed by atoms with Crippen LogP contribution in [0.3, 0.4) is 0 Å². The Morgan fingerprint density at radius 3 is 2.61 bits per heavy atom. The number of carbonyl (C=O) groups is 2. The van der Waals surface area contributed by atoms with Gasteiger partial charge in [0, 0.05) is 32.5 Å². The van der Waals surface area contributed by atoms with Crippen molar-refractivity contribution < 1.29 is 14.3 Å². The van der Waals surface area contributed by atoms with E-state index < -0.39 is 0 Å². The van der Waals surface area contributed by atoms with Crippen LogP contribution < -0.4 is 10.1 Å². The number of nitrogens with one attached hydrogen (secondary N) is 1.